The summed E-state index contributed by atoms with van der Waals surface area (Å²) in [5, 5.41) is 8.83. The van der Waals surface area contributed by atoms with E-state index in [2.05, 4.69) is 23.7 Å². The van der Waals surface area contributed by atoms with Crippen LogP contribution in [0.3, 0.4) is 0 Å². The Morgan fingerprint density at radius 2 is 1.77 bits per heavy atom. The lowest BCUT2D eigenvalue weighted by Crippen LogP contribution is -2.37. The van der Waals surface area contributed by atoms with Crippen LogP contribution in [-0.4, -0.2) is 52.9 Å². The largest absolute Gasteiger partial charge is 0.337 e. The lowest BCUT2D eigenvalue weighted by atomic mass is 10.0. The molecule has 1 aromatic carbocycles. The molecule has 2 heterocycles. The van der Waals surface area contributed by atoms with Crippen molar-refractivity contribution in [2.75, 3.05) is 26.2 Å². The second-order valence-electron chi connectivity index (χ2n) is 6.90. The molecule has 1 aliphatic heterocycles. The number of nitrogens with zero attached hydrogens (tertiary/aromatic N) is 4. The van der Waals surface area contributed by atoms with E-state index in [1.807, 2.05) is 41.3 Å². The Labute approximate surface area is 154 Å². The number of rotatable bonds is 3. The van der Waals surface area contributed by atoms with Gasteiger partial charge in [0.25, 0.3) is 5.91 Å². The van der Waals surface area contributed by atoms with E-state index < -0.39 is 0 Å². The minimum absolute atomic E-state index is 0.0973. The topological polar surface area (TPSA) is 60.2 Å². The fourth-order valence-electron chi connectivity index (χ4n) is 3.28. The van der Waals surface area contributed by atoms with Crippen LogP contribution in [0, 0.1) is 11.3 Å². The number of benzene rings is 1. The van der Waals surface area contributed by atoms with Gasteiger partial charge in [-0.1, -0.05) is 12.1 Å². The second-order valence-corrected chi connectivity index (χ2v) is 6.90. The van der Waals surface area contributed by atoms with Gasteiger partial charge in [-0.3, -0.25) is 9.69 Å². The number of pyridine rings is 1. The van der Waals surface area contributed by atoms with E-state index in [-0.39, 0.29) is 5.91 Å². The second kappa shape index (κ2) is 8.11. The molecule has 0 N–H and O–H groups in total. The molecule has 0 atom stereocenters. The minimum Gasteiger partial charge on any atom is -0.337 e. The van der Waals surface area contributed by atoms with Gasteiger partial charge in [-0.2, -0.15) is 5.26 Å². The number of hydrogen-bond acceptors (Lipinski definition) is 4. The quantitative estimate of drug-likeness (QED) is 0.855. The molecule has 0 unspecified atom stereocenters. The summed E-state index contributed by atoms with van der Waals surface area (Å²) in [6, 6.07) is 13.7. The van der Waals surface area contributed by atoms with Gasteiger partial charge in [-0.05, 0) is 50.1 Å². The van der Waals surface area contributed by atoms with Gasteiger partial charge in [0.05, 0.1) is 0 Å². The highest BCUT2D eigenvalue weighted by atomic mass is 16.2. The van der Waals surface area contributed by atoms with E-state index in [0.29, 0.717) is 17.3 Å². The molecule has 0 radical (unpaired) electrons. The number of nitriles is 1. The van der Waals surface area contributed by atoms with Crippen molar-refractivity contribution in [1.29, 1.82) is 5.26 Å². The van der Waals surface area contributed by atoms with Gasteiger partial charge in [0.2, 0.25) is 0 Å². The van der Waals surface area contributed by atoms with Crippen molar-refractivity contribution >= 4 is 5.91 Å². The molecular formula is C21H24N4O. The van der Waals surface area contributed by atoms with Gasteiger partial charge in [0.15, 0.2) is 0 Å². The number of amides is 1. The van der Waals surface area contributed by atoms with Gasteiger partial charge in [0, 0.05) is 49.5 Å². The smallest absolute Gasteiger partial charge is 0.253 e. The van der Waals surface area contributed by atoms with Gasteiger partial charge >= 0.3 is 0 Å². The van der Waals surface area contributed by atoms with Crippen molar-refractivity contribution in [1.82, 2.24) is 14.8 Å². The molecule has 134 valence electrons. The Balaban J connectivity index is 1.69. The van der Waals surface area contributed by atoms with Crippen molar-refractivity contribution in [3.63, 3.8) is 0 Å². The first-order valence-corrected chi connectivity index (χ1v) is 9.08. The summed E-state index contributed by atoms with van der Waals surface area (Å²) in [7, 11) is 0. The zero-order chi connectivity index (χ0) is 18.5. The van der Waals surface area contributed by atoms with E-state index in [9.17, 15) is 4.79 Å². The van der Waals surface area contributed by atoms with Crippen LogP contribution in [0.2, 0.25) is 0 Å². The van der Waals surface area contributed by atoms with E-state index in [1.54, 1.807) is 12.3 Å². The fraction of sp³-hybridized carbons (Fsp3) is 0.381. The highest BCUT2D eigenvalue weighted by molar-refractivity contribution is 5.94. The Hall–Kier alpha value is -2.71. The van der Waals surface area contributed by atoms with Crippen LogP contribution in [0.25, 0.3) is 11.1 Å². The average molecular weight is 348 g/mol. The zero-order valence-electron chi connectivity index (χ0n) is 15.4. The van der Waals surface area contributed by atoms with E-state index in [4.69, 9.17) is 5.26 Å². The van der Waals surface area contributed by atoms with E-state index >= 15 is 0 Å². The molecule has 1 amide bonds. The minimum atomic E-state index is 0.0973. The third-order valence-electron chi connectivity index (χ3n) is 4.89. The molecule has 1 aliphatic rings. The molecule has 5 heteroatoms. The van der Waals surface area contributed by atoms with Gasteiger partial charge in [0.1, 0.15) is 11.8 Å². The molecular weight excluding hydrogens is 324 g/mol. The Bertz CT molecular complexity index is 790. The molecule has 0 aliphatic carbocycles. The van der Waals surface area contributed by atoms with E-state index in [1.165, 1.54) is 0 Å². The number of carbonyl (C=O) groups excluding carboxylic acids is 1. The van der Waals surface area contributed by atoms with Crippen molar-refractivity contribution in [2.24, 2.45) is 0 Å². The number of aromatic nitrogens is 1. The van der Waals surface area contributed by atoms with Crippen LogP contribution in [0.5, 0.6) is 0 Å². The summed E-state index contributed by atoms with van der Waals surface area (Å²) in [6.45, 7) is 7.97. The summed E-state index contributed by atoms with van der Waals surface area (Å²) in [4.78, 5) is 21.3. The average Bonchev–Trinajstić information content (AvgIpc) is 2.94. The Morgan fingerprint density at radius 1 is 1.04 bits per heavy atom. The molecule has 3 rings (SSSR count). The third-order valence-corrected chi connectivity index (χ3v) is 4.89. The monoisotopic (exact) mass is 348 g/mol. The molecule has 26 heavy (non-hydrogen) atoms. The molecule has 1 aromatic heterocycles. The van der Waals surface area contributed by atoms with Crippen LogP contribution in [0.4, 0.5) is 0 Å². The predicted molar refractivity (Wildman–Crippen MR) is 102 cm³/mol. The lowest BCUT2D eigenvalue weighted by molar-refractivity contribution is 0.0759. The molecule has 0 bridgehead atoms. The number of carbonyl (C=O) groups is 1. The fourth-order valence-corrected chi connectivity index (χ4v) is 3.28. The molecule has 1 saturated heterocycles. The predicted octanol–water partition coefficient (Wildman–Crippen LogP) is 3.18. The molecule has 0 saturated carbocycles. The lowest BCUT2D eigenvalue weighted by Gasteiger charge is -2.25. The maximum absolute atomic E-state index is 12.8. The standard InChI is InChI=1S/C21H24N4O/c1-16(2)24-10-3-11-25(13-12-24)21(26)18-6-4-17(5-7-18)19-8-9-20(14-22)23-15-19/h4-9,15-16H,3,10-13H2,1-2H3. The van der Waals surface area contributed by atoms with Crippen LogP contribution in [0.15, 0.2) is 42.6 Å². The Morgan fingerprint density at radius 3 is 2.38 bits per heavy atom. The molecule has 5 nitrogen and oxygen atoms in total. The first-order chi connectivity index (χ1) is 12.6. The van der Waals surface area contributed by atoms with Crippen LogP contribution in [0.1, 0.15) is 36.3 Å². The van der Waals surface area contributed by atoms with Gasteiger partial charge < -0.3 is 4.90 Å². The SMILES string of the molecule is CC(C)N1CCCN(C(=O)c2ccc(-c3ccc(C#N)nc3)cc2)CC1. The highest BCUT2D eigenvalue weighted by Crippen LogP contribution is 2.20. The number of hydrogen-bond donors (Lipinski definition) is 0. The maximum Gasteiger partial charge on any atom is 0.253 e. The van der Waals surface area contributed by atoms with Crippen molar-refractivity contribution < 1.29 is 4.79 Å². The van der Waals surface area contributed by atoms with Crippen LogP contribution in [-0.2, 0) is 0 Å². The summed E-state index contributed by atoms with van der Waals surface area (Å²) in [5.41, 5.74) is 3.04. The van der Waals surface area contributed by atoms with Crippen LogP contribution >= 0.6 is 0 Å². The first kappa shape index (κ1) is 18.1. The highest BCUT2D eigenvalue weighted by Gasteiger charge is 2.21. The van der Waals surface area contributed by atoms with Crippen LogP contribution < -0.4 is 0 Å². The van der Waals surface area contributed by atoms with E-state index in [0.717, 1.165) is 43.7 Å². The maximum atomic E-state index is 12.8. The molecule has 2 aromatic rings. The first-order valence-electron chi connectivity index (χ1n) is 9.08. The summed E-state index contributed by atoms with van der Waals surface area (Å²) in [6.07, 6.45) is 2.70. The van der Waals surface area contributed by atoms with Crippen molar-refractivity contribution in [2.45, 2.75) is 26.3 Å². The summed E-state index contributed by atoms with van der Waals surface area (Å²) in [5.74, 6) is 0.0973. The summed E-state index contributed by atoms with van der Waals surface area (Å²) >= 11 is 0. The summed E-state index contributed by atoms with van der Waals surface area (Å²) < 4.78 is 0. The Kier molecular flexibility index (Phi) is 5.65. The van der Waals surface area contributed by atoms with Gasteiger partial charge in [-0.15, -0.1) is 0 Å². The van der Waals surface area contributed by atoms with Crippen molar-refractivity contribution in [3.8, 4) is 17.2 Å². The zero-order valence-corrected chi connectivity index (χ0v) is 15.4. The van der Waals surface area contributed by atoms with Crippen molar-refractivity contribution in [3.05, 3.63) is 53.9 Å². The van der Waals surface area contributed by atoms with Gasteiger partial charge in [-0.25, -0.2) is 4.98 Å². The molecule has 1 fully saturated rings. The third kappa shape index (κ3) is 4.09. The normalized spacial score (nSPS) is 15.5. The molecule has 0 spiro atoms.